The van der Waals surface area contributed by atoms with Crippen molar-refractivity contribution in [3.8, 4) is 22.5 Å². The third-order valence-electron chi connectivity index (χ3n) is 3.64. The van der Waals surface area contributed by atoms with Gasteiger partial charge in [0.1, 0.15) is 0 Å². The number of esters is 1. The highest BCUT2D eigenvalue weighted by Gasteiger charge is 2.13. The third kappa shape index (κ3) is 4.70. The molecule has 1 heterocycles. The number of nitrogens with one attached hydrogen (secondary N) is 1. The molecular weight excluding hydrogens is 364 g/mol. The number of ether oxygens (including phenoxy) is 3. The lowest BCUT2D eigenvalue weighted by Gasteiger charge is -2.10. The number of benzene rings is 2. The van der Waals surface area contributed by atoms with Crippen molar-refractivity contribution in [1.29, 1.82) is 0 Å². The van der Waals surface area contributed by atoms with Gasteiger partial charge in [0.15, 0.2) is 0 Å². The van der Waals surface area contributed by atoms with E-state index in [-0.39, 0.29) is 6.10 Å². The second-order valence-electron chi connectivity index (χ2n) is 5.97. The number of carbonyl (C=O) groups excluding carboxylic acids is 2. The van der Waals surface area contributed by atoms with Gasteiger partial charge in [-0.3, -0.25) is 0 Å². The van der Waals surface area contributed by atoms with E-state index in [0.29, 0.717) is 11.4 Å². The third-order valence-corrected chi connectivity index (χ3v) is 3.64. The SMILES string of the molecule is CC(C)OC(=O)OCOC(=O)c1ccc(-c2ccccc2-c2nn[nH]n2)cc1. The first-order valence-electron chi connectivity index (χ1n) is 8.48. The molecule has 0 radical (unpaired) electrons. The van der Waals surface area contributed by atoms with E-state index in [4.69, 9.17) is 9.47 Å². The van der Waals surface area contributed by atoms with E-state index >= 15 is 0 Å². The van der Waals surface area contributed by atoms with E-state index in [2.05, 4.69) is 25.4 Å². The summed E-state index contributed by atoms with van der Waals surface area (Å²) in [6, 6.07) is 14.4. The van der Waals surface area contributed by atoms with E-state index in [9.17, 15) is 9.59 Å². The standard InChI is InChI=1S/C19H18N4O5/c1-12(2)28-19(25)27-11-26-18(24)14-9-7-13(8-10-14)15-5-3-4-6-16(15)17-20-22-23-21-17/h3-10,12H,11H2,1-2H3,(H,20,21,22,23). The molecule has 0 atom stereocenters. The monoisotopic (exact) mass is 382 g/mol. The van der Waals surface area contributed by atoms with Crippen LogP contribution in [0.4, 0.5) is 4.79 Å². The van der Waals surface area contributed by atoms with Crippen LogP contribution >= 0.6 is 0 Å². The maximum absolute atomic E-state index is 12.1. The zero-order chi connectivity index (χ0) is 19.9. The smallest absolute Gasteiger partial charge is 0.431 e. The molecule has 0 aliphatic rings. The van der Waals surface area contributed by atoms with Crippen molar-refractivity contribution in [1.82, 2.24) is 20.6 Å². The molecule has 0 unspecified atom stereocenters. The topological polar surface area (TPSA) is 116 Å². The molecule has 1 aromatic heterocycles. The second-order valence-corrected chi connectivity index (χ2v) is 5.97. The molecule has 9 heteroatoms. The van der Waals surface area contributed by atoms with E-state index < -0.39 is 18.9 Å². The van der Waals surface area contributed by atoms with Crippen molar-refractivity contribution >= 4 is 12.1 Å². The molecule has 0 aliphatic carbocycles. The van der Waals surface area contributed by atoms with Gasteiger partial charge in [0.05, 0.1) is 11.7 Å². The summed E-state index contributed by atoms with van der Waals surface area (Å²) in [7, 11) is 0. The summed E-state index contributed by atoms with van der Waals surface area (Å²) in [5, 5.41) is 14.0. The summed E-state index contributed by atoms with van der Waals surface area (Å²) in [4.78, 5) is 23.3. The number of carbonyl (C=O) groups is 2. The molecule has 0 fully saturated rings. The Labute approximate surface area is 160 Å². The van der Waals surface area contributed by atoms with Crippen molar-refractivity contribution in [2.45, 2.75) is 20.0 Å². The quantitative estimate of drug-likeness (QED) is 0.510. The number of hydrogen-bond acceptors (Lipinski definition) is 8. The van der Waals surface area contributed by atoms with Gasteiger partial charge in [0, 0.05) is 5.56 Å². The number of rotatable bonds is 6. The second kappa shape index (κ2) is 8.76. The minimum absolute atomic E-state index is 0.314. The highest BCUT2D eigenvalue weighted by atomic mass is 16.8. The zero-order valence-electron chi connectivity index (χ0n) is 15.3. The highest BCUT2D eigenvalue weighted by Crippen LogP contribution is 2.29. The molecular formula is C19H18N4O5. The molecule has 0 saturated heterocycles. The van der Waals surface area contributed by atoms with E-state index in [0.717, 1.165) is 16.7 Å². The van der Waals surface area contributed by atoms with Crippen LogP contribution in [-0.4, -0.2) is 45.6 Å². The van der Waals surface area contributed by atoms with E-state index in [1.807, 2.05) is 24.3 Å². The van der Waals surface area contributed by atoms with Crippen molar-refractivity contribution < 1.29 is 23.8 Å². The molecule has 9 nitrogen and oxygen atoms in total. The van der Waals surface area contributed by atoms with Crippen LogP contribution in [0.25, 0.3) is 22.5 Å². The van der Waals surface area contributed by atoms with Crippen molar-refractivity contribution in [2.24, 2.45) is 0 Å². The van der Waals surface area contributed by atoms with Gasteiger partial charge in [-0.1, -0.05) is 36.4 Å². The summed E-state index contributed by atoms with van der Waals surface area (Å²) < 4.78 is 14.4. The van der Waals surface area contributed by atoms with Gasteiger partial charge in [-0.15, -0.1) is 10.2 Å². The molecule has 3 rings (SSSR count). The molecule has 0 bridgehead atoms. The van der Waals surface area contributed by atoms with E-state index in [1.54, 1.807) is 38.1 Å². The number of H-pyrrole nitrogens is 1. The van der Waals surface area contributed by atoms with Crippen molar-refractivity contribution in [2.75, 3.05) is 6.79 Å². The number of nitrogens with zero attached hydrogens (tertiary/aromatic N) is 3. The normalized spacial score (nSPS) is 10.5. The number of tetrazole rings is 1. The molecule has 0 spiro atoms. The Morgan fingerprint density at radius 2 is 1.71 bits per heavy atom. The first-order valence-corrected chi connectivity index (χ1v) is 8.48. The minimum atomic E-state index is -0.892. The molecule has 0 amide bonds. The predicted octanol–water partition coefficient (Wildman–Crippen LogP) is 3.21. The summed E-state index contributed by atoms with van der Waals surface area (Å²) in [6.07, 6.45) is -1.21. The molecule has 1 N–H and O–H groups in total. The summed E-state index contributed by atoms with van der Waals surface area (Å²) in [5.41, 5.74) is 2.89. The van der Waals surface area contributed by atoms with Crippen LogP contribution in [0, 0.1) is 0 Å². The van der Waals surface area contributed by atoms with Gasteiger partial charge < -0.3 is 14.2 Å². The van der Waals surface area contributed by atoms with Gasteiger partial charge in [-0.05, 0) is 42.3 Å². The number of aromatic amines is 1. The Morgan fingerprint density at radius 1 is 1.00 bits per heavy atom. The Kier molecular flexibility index (Phi) is 5.95. The summed E-state index contributed by atoms with van der Waals surface area (Å²) in [5.74, 6) is -0.139. The number of hydrogen-bond donors (Lipinski definition) is 1. The number of aromatic nitrogens is 4. The fourth-order valence-electron chi connectivity index (χ4n) is 2.43. The minimum Gasteiger partial charge on any atom is -0.431 e. The zero-order valence-corrected chi connectivity index (χ0v) is 15.3. The highest BCUT2D eigenvalue weighted by molar-refractivity contribution is 5.90. The maximum atomic E-state index is 12.1. The van der Waals surface area contributed by atoms with Gasteiger partial charge in [-0.25, -0.2) is 9.59 Å². The molecule has 144 valence electrons. The molecule has 0 saturated carbocycles. The van der Waals surface area contributed by atoms with Crippen LogP contribution in [-0.2, 0) is 14.2 Å². The van der Waals surface area contributed by atoms with Crippen LogP contribution in [0.3, 0.4) is 0 Å². The van der Waals surface area contributed by atoms with Crippen molar-refractivity contribution in [3.05, 3.63) is 54.1 Å². The predicted molar refractivity (Wildman–Crippen MR) is 98.0 cm³/mol. The largest absolute Gasteiger partial charge is 0.511 e. The van der Waals surface area contributed by atoms with E-state index in [1.165, 1.54) is 0 Å². The first kappa shape index (κ1) is 19.0. The molecule has 0 aliphatic heterocycles. The van der Waals surface area contributed by atoms with Crippen LogP contribution < -0.4 is 0 Å². The average Bonchev–Trinajstić information content (AvgIpc) is 3.22. The van der Waals surface area contributed by atoms with Crippen LogP contribution in [0.1, 0.15) is 24.2 Å². The summed E-state index contributed by atoms with van der Waals surface area (Å²) >= 11 is 0. The first-order chi connectivity index (χ1) is 13.5. The van der Waals surface area contributed by atoms with Crippen LogP contribution in [0.5, 0.6) is 0 Å². The molecule has 2 aromatic carbocycles. The Morgan fingerprint density at radius 3 is 2.36 bits per heavy atom. The fraction of sp³-hybridized carbons (Fsp3) is 0.211. The van der Waals surface area contributed by atoms with Gasteiger partial charge in [0.2, 0.25) is 12.6 Å². The Balaban J connectivity index is 1.66. The fourth-order valence-corrected chi connectivity index (χ4v) is 2.43. The lowest BCUT2D eigenvalue weighted by Crippen LogP contribution is -2.16. The van der Waals surface area contributed by atoms with Crippen LogP contribution in [0.2, 0.25) is 0 Å². The Bertz CT molecular complexity index is 939. The lowest BCUT2D eigenvalue weighted by molar-refractivity contribution is -0.0344. The Hall–Kier alpha value is -3.75. The molecule has 3 aromatic rings. The summed E-state index contributed by atoms with van der Waals surface area (Å²) in [6.45, 7) is 2.85. The van der Waals surface area contributed by atoms with Gasteiger partial charge in [0.25, 0.3) is 0 Å². The average molecular weight is 382 g/mol. The lowest BCUT2D eigenvalue weighted by atomic mass is 9.98. The van der Waals surface area contributed by atoms with Crippen molar-refractivity contribution in [3.63, 3.8) is 0 Å². The van der Waals surface area contributed by atoms with Gasteiger partial charge >= 0.3 is 12.1 Å². The maximum Gasteiger partial charge on any atom is 0.511 e. The van der Waals surface area contributed by atoms with Crippen LogP contribution in [0.15, 0.2) is 48.5 Å². The molecule has 28 heavy (non-hydrogen) atoms. The van der Waals surface area contributed by atoms with Gasteiger partial charge in [-0.2, -0.15) is 5.21 Å².